The van der Waals surface area contributed by atoms with Crippen LogP contribution in [0, 0.1) is 5.92 Å². The number of amides is 1. The highest BCUT2D eigenvalue weighted by molar-refractivity contribution is 7.90. The predicted molar refractivity (Wildman–Crippen MR) is 93.8 cm³/mol. The molecule has 1 aromatic heterocycles. The molecule has 2 aromatic rings. The van der Waals surface area contributed by atoms with Crippen molar-refractivity contribution in [1.29, 1.82) is 0 Å². The van der Waals surface area contributed by atoms with Crippen LogP contribution in [0.15, 0.2) is 46.5 Å². The number of rotatable bonds is 5. The topological polar surface area (TPSA) is 116 Å². The molecule has 25 heavy (non-hydrogen) atoms. The molecule has 0 fully saturated rings. The molecule has 0 spiro atoms. The fraction of sp³-hybridized carbons (Fsp3) is 0.312. The number of nitrogens with one attached hydrogen (secondary N) is 3. The van der Waals surface area contributed by atoms with E-state index < -0.39 is 16.1 Å². The third-order valence-corrected chi connectivity index (χ3v) is 5.55. The average Bonchev–Trinajstić information content (AvgIpc) is 3.18. The fourth-order valence-corrected chi connectivity index (χ4v) is 3.81. The molecule has 0 aliphatic carbocycles. The molecule has 0 radical (unpaired) electrons. The number of sulfonamides is 1. The quantitative estimate of drug-likeness (QED) is 0.748. The second-order valence-corrected chi connectivity index (χ2v) is 7.54. The van der Waals surface area contributed by atoms with Crippen molar-refractivity contribution in [3.63, 3.8) is 0 Å². The fourth-order valence-electron chi connectivity index (χ4n) is 2.57. The van der Waals surface area contributed by atoms with Crippen LogP contribution in [0.4, 0.5) is 5.69 Å². The van der Waals surface area contributed by atoms with E-state index >= 15 is 0 Å². The molecule has 0 saturated heterocycles. The molecular weight excluding hydrogens is 342 g/mol. The van der Waals surface area contributed by atoms with Crippen LogP contribution in [-0.4, -0.2) is 36.4 Å². The number of nitrogens with zero attached hydrogens (tertiary/aromatic N) is 2. The Kier molecular flexibility index (Phi) is 4.58. The number of aromatic amines is 1. The molecule has 0 unspecified atom stereocenters. The predicted octanol–water partition coefficient (Wildman–Crippen LogP) is 1.50. The lowest BCUT2D eigenvalue weighted by atomic mass is 9.98. The SMILES string of the molecule is CC[C@H](C)[C@H](N=C1NS(=O)(=O)c2ccccc21)C(=O)Nc1cn[nH]c1. The lowest BCUT2D eigenvalue weighted by Gasteiger charge is -2.19. The monoisotopic (exact) mass is 361 g/mol. The molecule has 132 valence electrons. The van der Waals surface area contributed by atoms with Crippen molar-refractivity contribution in [3.8, 4) is 0 Å². The maximum absolute atomic E-state index is 12.6. The molecule has 0 saturated carbocycles. The van der Waals surface area contributed by atoms with E-state index in [4.69, 9.17) is 0 Å². The first-order chi connectivity index (χ1) is 11.9. The first-order valence-corrected chi connectivity index (χ1v) is 9.40. The van der Waals surface area contributed by atoms with Crippen LogP contribution in [0.5, 0.6) is 0 Å². The van der Waals surface area contributed by atoms with Gasteiger partial charge in [0.1, 0.15) is 11.9 Å². The van der Waals surface area contributed by atoms with Crippen LogP contribution >= 0.6 is 0 Å². The molecule has 3 rings (SSSR count). The Labute approximate surface area is 145 Å². The Hall–Kier alpha value is -2.68. The summed E-state index contributed by atoms with van der Waals surface area (Å²) in [7, 11) is -3.64. The average molecular weight is 361 g/mol. The minimum absolute atomic E-state index is 0.0725. The van der Waals surface area contributed by atoms with E-state index in [1.807, 2.05) is 13.8 Å². The van der Waals surface area contributed by atoms with Crippen molar-refractivity contribution >= 4 is 27.5 Å². The molecule has 8 nitrogen and oxygen atoms in total. The van der Waals surface area contributed by atoms with E-state index in [1.165, 1.54) is 12.3 Å². The number of benzene rings is 1. The van der Waals surface area contributed by atoms with E-state index in [-0.39, 0.29) is 22.6 Å². The molecule has 2 atom stereocenters. The highest BCUT2D eigenvalue weighted by Gasteiger charge is 2.33. The van der Waals surface area contributed by atoms with Crippen LogP contribution in [-0.2, 0) is 14.8 Å². The van der Waals surface area contributed by atoms with Gasteiger partial charge in [-0.25, -0.2) is 8.42 Å². The van der Waals surface area contributed by atoms with Gasteiger partial charge in [0.15, 0.2) is 0 Å². The number of carbonyl (C=O) groups is 1. The van der Waals surface area contributed by atoms with Gasteiger partial charge in [0.05, 0.1) is 16.8 Å². The number of fused-ring (bicyclic) bond motifs is 1. The molecule has 9 heteroatoms. The van der Waals surface area contributed by atoms with E-state index in [0.29, 0.717) is 17.7 Å². The third kappa shape index (κ3) is 3.41. The smallest absolute Gasteiger partial charge is 0.263 e. The van der Waals surface area contributed by atoms with Crippen molar-refractivity contribution < 1.29 is 13.2 Å². The van der Waals surface area contributed by atoms with Gasteiger partial charge in [-0.1, -0.05) is 32.4 Å². The third-order valence-electron chi connectivity index (χ3n) is 4.15. The Bertz CT molecular complexity index is 906. The number of amidine groups is 1. The Morgan fingerprint density at radius 2 is 2.12 bits per heavy atom. The summed E-state index contributed by atoms with van der Waals surface area (Å²) < 4.78 is 26.9. The van der Waals surface area contributed by atoms with Crippen molar-refractivity contribution in [2.45, 2.75) is 31.2 Å². The second-order valence-electron chi connectivity index (χ2n) is 5.89. The van der Waals surface area contributed by atoms with Crippen LogP contribution in [0.2, 0.25) is 0 Å². The number of aromatic nitrogens is 2. The summed E-state index contributed by atoms with van der Waals surface area (Å²) in [6.45, 7) is 3.86. The Balaban J connectivity index is 1.95. The van der Waals surface area contributed by atoms with Gasteiger partial charge in [0, 0.05) is 11.8 Å². The lowest BCUT2D eigenvalue weighted by Crippen LogP contribution is -2.34. The number of anilines is 1. The molecule has 1 aliphatic heterocycles. The van der Waals surface area contributed by atoms with E-state index in [2.05, 4.69) is 25.2 Å². The van der Waals surface area contributed by atoms with Crippen molar-refractivity contribution in [1.82, 2.24) is 14.9 Å². The molecule has 0 bridgehead atoms. The highest BCUT2D eigenvalue weighted by atomic mass is 32.2. The molecule has 1 aromatic carbocycles. The first kappa shape index (κ1) is 17.2. The van der Waals surface area contributed by atoms with Gasteiger partial charge in [0.25, 0.3) is 10.0 Å². The van der Waals surface area contributed by atoms with Gasteiger partial charge >= 0.3 is 0 Å². The van der Waals surface area contributed by atoms with Crippen molar-refractivity contribution in [2.24, 2.45) is 10.9 Å². The van der Waals surface area contributed by atoms with Gasteiger partial charge in [-0.2, -0.15) is 5.10 Å². The van der Waals surface area contributed by atoms with E-state index in [1.54, 1.807) is 24.4 Å². The molecule has 3 N–H and O–H groups in total. The largest absolute Gasteiger partial charge is 0.322 e. The number of hydrogen-bond acceptors (Lipinski definition) is 5. The lowest BCUT2D eigenvalue weighted by molar-refractivity contribution is -0.118. The Morgan fingerprint density at radius 3 is 2.80 bits per heavy atom. The first-order valence-electron chi connectivity index (χ1n) is 7.92. The molecular formula is C16H19N5O3S. The summed E-state index contributed by atoms with van der Waals surface area (Å²) in [5, 5.41) is 9.15. The van der Waals surface area contributed by atoms with Crippen LogP contribution in [0.25, 0.3) is 0 Å². The molecule has 2 heterocycles. The number of H-pyrrole nitrogens is 1. The Morgan fingerprint density at radius 1 is 1.36 bits per heavy atom. The zero-order valence-electron chi connectivity index (χ0n) is 13.9. The van der Waals surface area contributed by atoms with Gasteiger partial charge in [-0.05, 0) is 18.1 Å². The molecule has 1 aliphatic rings. The second kappa shape index (κ2) is 6.67. The summed E-state index contributed by atoms with van der Waals surface area (Å²) in [5.74, 6) is -0.188. The summed E-state index contributed by atoms with van der Waals surface area (Å²) in [5.41, 5.74) is 1.01. The van der Waals surface area contributed by atoms with E-state index in [0.717, 1.165) is 0 Å². The summed E-state index contributed by atoms with van der Waals surface area (Å²) in [6, 6.07) is 5.85. The number of aliphatic imine (C=N–C) groups is 1. The minimum atomic E-state index is -3.64. The normalized spacial score (nSPS) is 19.0. The number of hydrogen-bond donors (Lipinski definition) is 3. The van der Waals surface area contributed by atoms with Gasteiger partial charge in [-0.15, -0.1) is 0 Å². The van der Waals surface area contributed by atoms with Crippen LogP contribution in [0.1, 0.15) is 25.8 Å². The summed E-state index contributed by atoms with van der Waals surface area (Å²) >= 11 is 0. The summed E-state index contributed by atoms with van der Waals surface area (Å²) in [6.07, 6.45) is 3.77. The van der Waals surface area contributed by atoms with Gasteiger partial charge in [0.2, 0.25) is 5.91 Å². The van der Waals surface area contributed by atoms with Crippen LogP contribution < -0.4 is 10.0 Å². The zero-order chi connectivity index (χ0) is 18.0. The maximum Gasteiger partial charge on any atom is 0.263 e. The maximum atomic E-state index is 12.6. The van der Waals surface area contributed by atoms with Crippen molar-refractivity contribution in [3.05, 3.63) is 42.2 Å². The number of carbonyl (C=O) groups excluding carboxylic acids is 1. The highest BCUT2D eigenvalue weighted by Crippen LogP contribution is 2.24. The standard InChI is InChI=1S/C16H19N5O3S/c1-3-10(2)14(16(22)19-11-8-17-18-9-11)20-15-12-6-4-5-7-13(12)25(23,24)21-15/h4-10,14H,3H2,1-2H3,(H,17,18)(H,19,22)(H,20,21)/t10-,14-/m0/s1. The minimum Gasteiger partial charge on any atom is -0.322 e. The van der Waals surface area contributed by atoms with Crippen molar-refractivity contribution in [2.75, 3.05) is 5.32 Å². The zero-order valence-corrected chi connectivity index (χ0v) is 14.7. The van der Waals surface area contributed by atoms with Gasteiger partial charge < -0.3 is 5.32 Å². The molecule has 1 amide bonds. The van der Waals surface area contributed by atoms with Gasteiger partial charge in [-0.3, -0.25) is 19.6 Å². The van der Waals surface area contributed by atoms with E-state index in [9.17, 15) is 13.2 Å². The van der Waals surface area contributed by atoms with Crippen LogP contribution in [0.3, 0.4) is 0 Å². The summed E-state index contributed by atoms with van der Waals surface area (Å²) in [4.78, 5) is 17.3.